The second-order valence-electron chi connectivity index (χ2n) is 7.43. The Labute approximate surface area is 173 Å². The lowest BCUT2D eigenvalue weighted by Crippen LogP contribution is -2.39. The van der Waals surface area contributed by atoms with Gasteiger partial charge in [-0.3, -0.25) is 4.90 Å². The largest absolute Gasteiger partial charge is 0.299 e. The van der Waals surface area contributed by atoms with Crippen LogP contribution in [0, 0.1) is 5.92 Å². The minimum Gasteiger partial charge on any atom is -0.299 e. The Bertz CT molecular complexity index is 833. The Kier molecular flexibility index (Phi) is 7.97. The number of likely N-dealkylation sites (tertiary alicyclic amines) is 1. The van der Waals surface area contributed by atoms with Gasteiger partial charge in [0.1, 0.15) is 0 Å². The maximum Gasteiger partial charge on any atom is 0.211 e. The van der Waals surface area contributed by atoms with Gasteiger partial charge in [0.25, 0.3) is 0 Å². The molecule has 0 bridgehead atoms. The summed E-state index contributed by atoms with van der Waals surface area (Å²) >= 11 is 1.79. The standard InChI is InChI=1S/C22H30N2O2S2/c1-27-22-10-6-5-9-21(22)18-24-14-11-20(12-15-24)17-23-28(25,26)16-13-19-7-3-2-4-8-19/h2-10,20,23H,11-18H2,1H3. The third-order valence-electron chi connectivity index (χ3n) is 5.39. The van der Waals surface area contributed by atoms with Gasteiger partial charge in [0.05, 0.1) is 5.75 Å². The number of thioether (sulfide) groups is 1. The van der Waals surface area contributed by atoms with Crippen molar-refractivity contribution in [2.45, 2.75) is 30.7 Å². The van der Waals surface area contributed by atoms with Gasteiger partial charge in [0.15, 0.2) is 0 Å². The Balaban J connectivity index is 1.40. The van der Waals surface area contributed by atoms with Crippen LogP contribution >= 0.6 is 11.8 Å². The fourth-order valence-electron chi connectivity index (χ4n) is 3.64. The van der Waals surface area contributed by atoms with Gasteiger partial charge in [-0.1, -0.05) is 48.5 Å². The van der Waals surface area contributed by atoms with Crippen LogP contribution in [-0.2, 0) is 23.0 Å². The Hall–Kier alpha value is -1.34. The average Bonchev–Trinajstić information content (AvgIpc) is 2.73. The number of hydrogen-bond donors (Lipinski definition) is 1. The van der Waals surface area contributed by atoms with Crippen LogP contribution < -0.4 is 4.72 Å². The number of piperidine rings is 1. The Morgan fingerprint density at radius 1 is 1.04 bits per heavy atom. The number of sulfonamides is 1. The van der Waals surface area contributed by atoms with Crippen LogP contribution in [0.3, 0.4) is 0 Å². The van der Waals surface area contributed by atoms with Crippen molar-refractivity contribution < 1.29 is 8.42 Å². The molecule has 1 fully saturated rings. The first-order chi connectivity index (χ1) is 13.6. The molecule has 28 heavy (non-hydrogen) atoms. The molecule has 2 aromatic carbocycles. The highest BCUT2D eigenvalue weighted by molar-refractivity contribution is 7.98. The van der Waals surface area contributed by atoms with Gasteiger partial charge in [-0.15, -0.1) is 11.8 Å². The highest BCUT2D eigenvalue weighted by atomic mass is 32.2. The van der Waals surface area contributed by atoms with E-state index >= 15 is 0 Å². The van der Waals surface area contributed by atoms with Crippen LogP contribution in [0.2, 0.25) is 0 Å². The SMILES string of the molecule is CSc1ccccc1CN1CCC(CNS(=O)(=O)CCc2ccccc2)CC1. The molecule has 4 nitrogen and oxygen atoms in total. The molecule has 0 aromatic heterocycles. The molecule has 0 amide bonds. The summed E-state index contributed by atoms with van der Waals surface area (Å²) in [7, 11) is -3.22. The summed E-state index contributed by atoms with van der Waals surface area (Å²) in [6, 6.07) is 18.4. The normalized spacial score (nSPS) is 16.3. The maximum absolute atomic E-state index is 12.3. The van der Waals surface area contributed by atoms with E-state index in [0.717, 1.165) is 38.0 Å². The van der Waals surface area contributed by atoms with E-state index in [1.807, 2.05) is 30.3 Å². The van der Waals surface area contributed by atoms with Crippen molar-refractivity contribution in [1.29, 1.82) is 0 Å². The molecule has 3 rings (SSSR count). The summed E-state index contributed by atoms with van der Waals surface area (Å²) in [5.41, 5.74) is 2.45. The van der Waals surface area contributed by atoms with Gasteiger partial charge in [-0.2, -0.15) is 0 Å². The van der Waals surface area contributed by atoms with Crippen LogP contribution in [0.25, 0.3) is 0 Å². The summed E-state index contributed by atoms with van der Waals surface area (Å²) in [6.45, 7) is 3.59. The van der Waals surface area contributed by atoms with E-state index in [0.29, 0.717) is 18.9 Å². The highest BCUT2D eigenvalue weighted by Gasteiger charge is 2.21. The molecule has 1 saturated heterocycles. The zero-order chi connectivity index (χ0) is 19.8. The highest BCUT2D eigenvalue weighted by Crippen LogP contribution is 2.24. The Morgan fingerprint density at radius 2 is 1.71 bits per heavy atom. The number of rotatable bonds is 9. The van der Waals surface area contributed by atoms with Crippen LogP contribution in [0.4, 0.5) is 0 Å². The van der Waals surface area contributed by atoms with E-state index in [4.69, 9.17) is 0 Å². The number of benzene rings is 2. The van der Waals surface area contributed by atoms with Gasteiger partial charge in [0, 0.05) is 18.0 Å². The van der Waals surface area contributed by atoms with Crippen molar-refractivity contribution in [1.82, 2.24) is 9.62 Å². The lowest BCUT2D eigenvalue weighted by Gasteiger charge is -2.32. The molecule has 152 valence electrons. The zero-order valence-corrected chi connectivity index (χ0v) is 18.1. The Morgan fingerprint density at radius 3 is 2.43 bits per heavy atom. The molecule has 1 aliphatic rings. The van der Waals surface area contributed by atoms with Crippen molar-refractivity contribution in [3.05, 3.63) is 65.7 Å². The smallest absolute Gasteiger partial charge is 0.211 e. The van der Waals surface area contributed by atoms with Crippen molar-refractivity contribution in [3.8, 4) is 0 Å². The van der Waals surface area contributed by atoms with E-state index in [1.165, 1.54) is 10.5 Å². The molecule has 0 radical (unpaired) electrons. The lowest BCUT2D eigenvalue weighted by atomic mass is 9.97. The molecule has 0 unspecified atom stereocenters. The molecular weight excluding hydrogens is 388 g/mol. The molecule has 0 atom stereocenters. The molecule has 0 saturated carbocycles. The second kappa shape index (κ2) is 10.4. The summed E-state index contributed by atoms with van der Waals surface area (Å²) in [5, 5.41) is 0. The molecule has 6 heteroatoms. The summed E-state index contributed by atoms with van der Waals surface area (Å²) in [4.78, 5) is 3.82. The molecule has 1 aliphatic heterocycles. The number of nitrogens with zero attached hydrogens (tertiary/aromatic N) is 1. The van der Waals surface area contributed by atoms with Crippen LogP contribution in [0.1, 0.15) is 24.0 Å². The van der Waals surface area contributed by atoms with Crippen molar-refractivity contribution in [2.24, 2.45) is 5.92 Å². The minimum atomic E-state index is -3.22. The van der Waals surface area contributed by atoms with Crippen LogP contribution in [-0.4, -0.2) is 45.0 Å². The van der Waals surface area contributed by atoms with Gasteiger partial charge in [0.2, 0.25) is 10.0 Å². The van der Waals surface area contributed by atoms with Crippen molar-refractivity contribution >= 4 is 21.8 Å². The van der Waals surface area contributed by atoms with Crippen LogP contribution in [0.5, 0.6) is 0 Å². The van der Waals surface area contributed by atoms with Crippen molar-refractivity contribution in [3.63, 3.8) is 0 Å². The molecule has 0 aliphatic carbocycles. The quantitative estimate of drug-likeness (QED) is 0.630. The van der Waals surface area contributed by atoms with E-state index < -0.39 is 10.0 Å². The fourth-order valence-corrected chi connectivity index (χ4v) is 5.38. The maximum atomic E-state index is 12.3. The molecule has 1 heterocycles. The van der Waals surface area contributed by atoms with Gasteiger partial charge >= 0.3 is 0 Å². The fraction of sp³-hybridized carbons (Fsp3) is 0.455. The van der Waals surface area contributed by atoms with E-state index in [1.54, 1.807) is 11.8 Å². The first-order valence-electron chi connectivity index (χ1n) is 9.91. The van der Waals surface area contributed by atoms with Gasteiger partial charge < -0.3 is 0 Å². The summed E-state index contributed by atoms with van der Waals surface area (Å²) in [6.07, 6.45) is 4.77. The zero-order valence-electron chi connectivity index (χ0n) is 16.5. The topological polar surface area (TPSA) is 49.4 Å². The monoisotopic (exact) mass is 418 g/mol. The molecule has 0 spiro atoms. The van der Waals surface area contributed by atoms with Crippen LogP contribution in [0.15, 0.2) is 59.5 Å². The predicted octanol–water partition coefficient (Wildman–Crippen LogP) is 3.78. The number of hydrogen-bond acceptors (Lipinski definition) is 4. The molecule has 2 aromatic rings. The lowest BCUT2D eigenvalue weighted by molar-refractivity contribution is 0.177. The first-order valence-corrected chi connectivity index (χ1v) is 12.8. The number of nitrogens with one attached hydrogen (secondary N) is 1. The molecular formula is C22H30N2O2S2. The second-order valence-corrected chi connectivity index (χ2v) is 10.2. The van der Waals surface area contributed by atoms with Crippen molar-refractivity contribution in [2.75, 3.05) is 31.6 Å². The first kappa shape index (κ1) is 21.4. The number of aryl methyl sites for hydroxylation is 1. The van der Waals surface area contributed by atoms with E-state index in [9.17, 15) is 8.42 Å². The summed E-state index contributed by atoms with van der Waals surface area (Å²) < 4.78 is 27.4. The van der Waals surface area contributed by atoms with Gasteiger partial charge in [-0.25, -0.2) is 13.1 Å². The van der Waals surface area contributed by atoms with E-state index in [-0.39, 0.29) is 5.75 Å². The predicted molar refractivity (Wildman–Crippen MR) is 118 cm³/mol. The van der Waals surface area contributed by atoms with Gasteiger partial charge in [-0.05, 0) is 61.7 Å². The minimum absolute atomic E-state index is 0.154. The summed E-state index contributed by atoms with van der Waals surface area (Å²) in [5.74, 6) is 0.583. The third kappa shape index (κ3) is 6.62. The molecule has 1 N–H and O–H groups in total. The van der Waals surface area contributed by atoms with E-state index in [2.05, 4.69) is 40.1 Å². The third-order valence-corrected chi connectivity index (χ3v) is 7.57. The average molecular weight is 419 g/mol.